The zero-order valence-corrected chi connectivity index (χ0v) is 8.54. The summed E-state index contributed by atoms with van der Waals surface area (Å²) in [7, 11) is 0. The summed E-state index contributed by atoms with van der Waals surface area (Å²) < 4.78 is 11.0. The van der Waals surface area contributed by atoms with Crippen molar-refractivity contribution in [2.45, 2.75) is 32.7 Å². The molecule has 0 saturated carbocycles. The van der Waals surface area contributed by atoms with Crippen molar-refractivity contribution in [2.24, 2.45) is 11.1 Å². The molecule has 2 atom stereocenters. The normalized spacial score (nSPS) is 31.6. The van der Waals surface area contributed by atoms with Gasteiger partial charge in [0.25, 0.3) is 0 Å². The number of ether oxygens (including phenoxy) is 2. The van der Waals surface area contributed by atoms with Crippen LogP contribution >= 0.6 is 0 Å². The number of aliphatic hydroxyl groups excluding tert-OH is 1. The second-order valence-electron chi connectivity index (χ2n) is 4.33. The molecule has 0 amide bonds. The van der Waals surface area contributed by atoms with Crippen LogP contribution in [0.3, 0.4) is 0 Å². The number of hydrogen-bond donors (Lipinski definition) is 2. The van der Waals surface area contributed by atoms with Crippen molar-refractivity contribution in [1.29, 1.82) is 0 Å². The molecule has 1 aliphatic rings. The Hall–Kier alpha value is -0.160. The van der Waals surface area contributed by atoms with E-state index in [1.54, 1.807) is 0 Å². The van der Waals surface area contributed by atoms with Crippen LogP contribution in [0.25, 0.3) is 0 Å². The molecule has 1 heterocycles. The highest BCUT2D eigenvalue weighted by atomic mass is 16.7. The van der Waals surface area contributed by atoms with E-state index in [4.69, 9.17) is 15.2 Å². The lowest BCUT2D eigenvalue weighted by atomic mass is 9.85. The van der Waals surface area contributed by atoms with E-state index >= 15 is 0 Å². The first-order chi connectivity index (χ1) is 5.93. The second kappa shape index (κ2) is 3.53. The Balaban J connectivity index is 2.63. The predicted molar refractivity (Wildman–Crippen MR) is 49.2 cm³/mol. The largest absolute Gasteiger partial charge is 0.396 e. The minimum absolute atomic E-state index is 0.0214. The Kier molecular flexibility index (Phi) is 2.97. The van der Waals surface area contributed by atoms with Crippen molar-refractivity contribution in [2.75, 3.05) is 19.8 Å². The van der Waals surface area contributed by atoms with Crippen LogP contribution in [-0.2, 0) is 9.47 Å². The monoisotopic (exact) mass is 189 g/mol. The molecule has 2 unspecified atom stereocenters. The van der Waals surface area contributed by atoms with Gasteiger partial charge in [0.15, 0.2) is 5.79 Å². The Morgan fingerprint density at radius 1 is 1.62 bits per heavy atom. The molecule has 13 heavy (non-hydrogen) atoms. The maximum absolute atomic E-state index is 9.20. The van der Waals surface area contributed by atoms with Gasteiger partial charge in [0.2, 0.25) is 0 Å². The molecular formula is C9H19NO3. The minimum atomic E-state index is -0.545. The summed E-state index contributed by atoms with van der Waals surface area (Å²) in [4.78, 5) is 0. The fourth-order valence-corrected chi connectivity index (χ4v) is 1.33. The van der Waals surface area contributed by atoms with Gasteiger partial charge in [-0.15, -0.1) is 0 Å². The number of hydrogen-bond acceptors (Lipinski definition) is 4. The summed E-state index contributed by atoms with van der Waals surface area (Å²) in [6.07, 6.45) is -0.113. The maximum atomic E-state index is 9.20. The van der Waals surface area contributed by atoms with Crippen LogP contribution in [0.5, 0.6) is 0 Å². The number of rotatable bonds is 3. The number of aliphatic hydroxyl groups is 1. The van der Waals surface area contributed by atoms with E-state index in [-0.39, 0.29) is 12.7 Å². The van der Waals surface area contributed by atoms with Gasteiger partial charge in [0, 0.05) is 12.0 Å². The maximum Gasteiger partial charge on any atom is 0.163 e. The van der Waals surface area contributed by atoms with Crippen LogP contribution in [-0.4, -0.2) is 36.8 Å². The SMILES string of the molecule is CC1(C)OCC(C(C)(CN)CO)O1. The molecule has 0 spiro atoms. The minimum Gasteiger partial charge on any atom is -0.396 e. The molecule has 1 aliphatic heterocycles. The molecule has 3 N–H and O–H groups in total. The summed E-state index contributed by atoms with van der Waals surface area (Å²) in [6, 6.07) is 0. The smallest absolute Gasteiger partial charge is 0.163 e. The van der Waals surface area contributed by atoms with Gasteiger partial charge in [-0.05, 0) is 13.8 Å². The topological polar surface area (TPSA) is 64.7 Å². The standard InChI is InChI=1S/C9H19NO3/c1-8(2)12-4-7(13-8)9(3,5-10)6-11/h7,11H,4-6,10H2,1-3H3. The number of nitrogens with two attached hydrogens (primary N) is 1. The van der Waals surface area contributed by atoms with Gasteiger partial charge < -0.3 is 20.3 Å². The van der Waals surface area contributed by atoms with Crippen LogP contribution < -0.4 is 5.73 Å². The predicted octanol–water partition coefficient (Wildman–Crippen LogP) is 0.0952. The molecule has 1 rings (SSSR count). The van der Waals surface area contributed by atoms with E-state index in [0.717, 1.165) is 0 Å². The highest BCUT2D eigenvalue weighted by Gasteiger charge is 2.43. The molecule has 4 heteroatoms. The first-order valence-electron chi connectivity index (χ1n) is 4.56. The van der Waals surface area contributed by atoms with Crippen LogP contribution in [0, 0.1) is 5.41 Å². The van der Waals surface area contributed by atoms with Crippen LogP contribution in [0.15, 0.2) is 0 Å². The van der Waals surface area contributed by atoms with Gasteiger partial charge in [0.1, 0.15) is 0 Å². The fourth-order valence-electron chi connectivity index (χ4n) is 1.33. The highest BCUT2D eigenvalue weighted by Crippen LogP contribution is 2.32. The zero-order chi connectivity index (χ0) is 10.1. The van der Waals surface area contributed by atoms with Crippen LogP contribution in [0.4, 0.5) is 0 Å². The van der Waals surface area contributed by atoms with Crippen LogP contribution in [0.2, 0.25) is 0 Å². The summed E-state index contributed by atoms with van der Waals surface area (Å²) in [5, 5.41) is 9.20. The van der Waals surface area contributed by atoms with Crippen molar-refractivity contribution in [3.05, 3.63) is 0 Å². The van der Waals surface area contributed by atoms with Crippen molar-refractivity contribution in [1.82, 2.24) is 0 Å². The summed E-state index contributed by atoms with van der Waals surface area (Å²) in [5.41, 5.74) is 5.20. The Morgan fingerprint density at radius 2 is 2.23 bits per heavy atom. The van der Waals surface area contributed by atoms with Crippen molar-refractivity contribution < 1.29 is 14.6 Å². The molecule has 0 aromatic carbocycles. The lowest BCUT2D eigenvalue weighted by molar-refractivity contribution is -0.155. The van der Waals surface area contributed by atoms with Gasteiger partial charge >= 0.3 is 0 Å². The van der Waals surface area contributed by atoms with Crippen LogP contribution in [0.1, 0.15) is 20.8 Å². The van der Waals surface area contributed by atoms with E-state index in [1.165, 1.54) is 0 Å². The molecule has 1 fully saturated rings. The fraction of sp³-hybridized carbons (Fsp3) is 1.00. The molecule has 78 valence electrons. The van der Waals surface area contributed by atoms with Gasteiger partial charge in [-0.2, -0.15) is 0 Å². The van der Waals surface area contributed by atoms with E-state index in [2.05, 4.69) is 0 Å². The Morgan fingerprint density at radius 3 is 2.54 bits per heavy atom. The Labute approximate surface area is 79.0 Å². The molecule has 0 bridgehead atoms. The van der Waals surface area contributed by atoms with Gasteiger partial charge in [0.05, 0.1) is 19.3 Å². The zero-order valence-electron chi connectivity index (χ0n) is 8.54. The second-order valence-corrected chi connectivity index (χ2v) is 4.33. The van der Waals surface area contributed by atoms with E-state index in [0.29, 0.717) is 13.2 Å². The Bertz CT molecular complexity index is 178. The molecular weight excluding hydrogens is 170 g/mol. The van der Waals surface area contributed by atoms with E-state index < -0.39 is 11.2 Å². The molecule has 0 radical (unpaired) electrons. The average molecular weight is 189 g/mol. The third-order valence-corrected chi connectivity index (χ3v) is 2.61. The molecule has 1 saturated heterocycles. The highest BCUT2D eigenvalue weighted by molar-refractivity contribution is 4.88. The summed E-state index contributed by atoms with van der Waals surface area (Å²) >= 11 is 0. The van der Waals surface area contributed by atoms with Gasteiger partial charge in [-0.25, -0.2) is 0 Å². The lowest BCUT2D eigenvalue weighted by Gasteiger charge is -2.31. The summed E-state index contributed by atoms with van der Waals surface area (Å²) in [6.45, 7) is 6.55. The quantitative estimate of drug-likeness (QED) is 0.660. The van der Waals surface area contributed by atoms with E-state index in [9.17, 15) is 5.11 Å². The van der Waals surface area contributed by atoms with Gasteiger partial charge in [-0.1, -0.05) is 6.92 Å². The summed E-state index contributed by atoms with van der Waals surface area (Å²) in [5.74, 6) is -0.545. The van der Waals surface area contributed by atoms with Crippen molar-refractivity contribution in [3.63, 3.8) is 0 Å². The molecule has 0 aromatic heterocycles. The third-order valence-electron chi connectivity index (χ3n) is 2.61. The molecule has 4 nitrogen and oxygen atoms in total. The first kappa shape index (κ1) is 10.9. The van der Waals surface area contributed by atoms with Crippen molar-refractivity contribution in [3.8, 4) is 0 Å². The molecule has 0 aromatic rings. The van der Waals surface area contributed by atoms with Crippen molar-refractivity contribution >= 4 is 0 Å². The average Bonchev–Trinajstić information content (AvgIpc) is 2.45. The van der Waals surface area contributed by atoms with Gasteiger partial charge in [-0.3, -0.25) is 0 Å². The lowest BCUT2D eigenvalue weighted by Crippen LogP contribution is -2.44. The first-order valence-corrected chi connectivity index (χ1v) is 4.56. The molecule has 0 aliphatic carbocycles. The third kappa shape index (κ3) is 2.20. The van der Waals surface area contributed by atoms with E-state index in [1.807, 2.05) is 20.8 Å².